The second-order valence-electron chi connectivity index (χ2n) is 5.78. The highest BCUT2D eigenvalue weighted by Crippen LogP contribution is 2.29. The van der Waals surface area contributed by atoms with E-state index in [2.05, 4.69) is 37.0 Å². The first-order valence-corrected chi connectivity index (χ1v) is 8.25. The first-order chi connectivity index (χ1) is 10.2. The maximum absolute atomic E-state index is 8.78. The molecule has 0 aliphatic carbocycles. The van der Waals surface area contributed by atoms with Crippen LogP contribution in [-0.4, -0.2) is 48.2 Å². The first kappa shape index (κ1) is 14.7. The fourth-order valence-electron chi connectivity index (χ4n) is 3.34. The standard InChI is InChI=1S/C15H21BrN4O/c16-14-9-11(3-4-13(14)15(17)18-21)20-8-5-12(10-20)19-6-1-2-7-19/h3-4,9,12,21H,1-2,5-8,10H2,(H2,17,18). The Morgan fingerprint density at radius 1 is 1.29 bits per heavy atom. The zero-order valence-electron chi connectivity index (χ0n) is 12.0. The van der Waals surface area contributed by atoms with E-state index in [-0.39, 0.29) is 5.84 Å². The maximum atomic E-state index is 8.78. The van der Waals surface area contributed by atoms with E-state index in [1.807, 2.05) is 12.1 Å². The van der Waals surface area contributed by atoms with Crippen LogP contribution in [0, 0.1) is 0 Å². The molecule has 5 nitrogen and oxygen atoms in total. The molecule has 21 heavy (non-hydrogen) atoms. The number of hydrogen-bond donors (Lipinski definition) is 2. The zero-order chi connectivity index (χ0) is 14.8. The molecular formula is C15H21BrN4O. The van der Waals surface area contributed by atoms with E-state index in [0.717, 1.165) is 23.1 Å². The molecule has 114 valence electrons. The molecule has 1 aromatic rings. The third kappa shape index (κ3) is 3.01. The Balaban J connectivity index is 1.71. The Morgan fingerprint density at radius 2 is 2.05 bits per heavy atom. The van der Waals surface area contributed by atoms with Gasteiger partial charge in [-0.25, -0.2) is 0 Å². The van der Waals surface area contributed by atoms with Crippen molar-refractivity contribution in [3.8, 4) is 0 Å². The highest BCUT2D eigenvalue weighted by molar-refractivity contribution is 9.10. The summed E-state index contributed by atoms with van der Waals surface area (Å²) in [6.45, 7) is 4.70. The van der Waals surface area contributed by atoms with Crippen molar-refractivity contribution < 1.29 is 5.21 Å². The van der Waals surface area contributed by atoms with Crippen LogP contribution in [0.25, 0.3) is 0 Å². The summed E-state index contributed by atoms with van der Waals surface area (Å²) in [5, 5.41) is 11.8. The minimum atomic E-state index is 0.129. The molecule has 3 rings (SSSR count). The van der Waals surface area contributed by atoms with Gasteiger partial charge in [0.2, 0.25) is 0 Å². The van der Waals surface area contributed by atoms with Crippen molar-refractivity contribution in [1.82, 2.24) is 4.90 Å². The number of halogens is 1. The smallest absolute Gasteiger partial charge is 0.171 e. The van der Waals surface area contributed by atoms with Crippen LogP contribution < -0.4 is 10.6 Å². The van der Waals surface area contributed by atoms with E-state index in [4.69, 9.17) is 10.9 Å². The van der Waals surface area contributed by atoms with Crippen LogP contribution in [0.5, 0.6) is 0 Å². The third-order valence-corrected chi connectivity index (χ3v) is 5.18. The summed E-state index contributed by atoms with van der Waals surface area (Å²) < 4.78 is 0.861. The van der Waals surface area contributed by atoms with Crippen LogP contribution in [0.2, 0.25) is 0 Å². The molecule has 0 amide bonds. The van der Waals surface area contributed by atoms with Crippen molar-refractivity contribution in [3.05, 3.63) is 28.2 Å². The monoisotopic (exact) mass is 352 g/mol. The van der Waals surface area contributed by atoms with Gasteiger partial charge < -0.3 is 15.8 Å². The van der Waals surface area contributed by atoms with Gasteiger partial charge in [-0.3, -0.25) is 4.90 Å². The molecule has 1 unspecified atom stereocenters. The van der Waals surface area contributed by atoms with E-state index in [9.17, 15) is 0 Å². The molecular weight excluding hydrogens is 332 g/mol. The minimum Gasteiger partial charge on any atom is -0.409 e. The lowest BCUT2D eigenvalue weighted by molar-refractivity contribution is 0.260. The zero-order valence-corrected chi connectivity index (χ0v) is 13.6. The number of rotatable bonds is 3. The van der Waals surface area contributed by atoms with Gasteiger partial charge in [0.05, 0.1) is 0 Å². The fraction of sp³-hybridized carbons (Fsp3) is 0.533. The van der Waals surface area contributed by atoms with Gasteiger partial charge in [-0.2, -0.15) is 0 Å². The summed E-state index contributed by atoms with van der Waals surface area (Å²) >= 11 is 3.51. The third-order valence-electron chi connectivity index (χ3n) is 4.52. The molecule has 2 aliphatic heterocycles. The molecule has 1 atom stereocenters. The van der Waals surface area contributed by atoms with Gasteiger partial charge in [-0.05, 0) is 66.5 Å². The lowest BCUT2D eigenvalue weighted by atomic mass is 10.2. The summed E-state index contributed by atoms with van der Waals surface area (Å²) in [5.74, 6) is 0.129. The van der Waals surface area contributed by atoms with Gasteiger partial charge in [0.25, 0.3) is 0 Å². The lowest BCUT2D eigenvalue weighted by Gasteiger charge is -2.24. The van der Waals surface area contributed by atoms with Crippen LogP contribution >= 0.6 is 15.9 Å². The Hall–Kier alpha value is -1.27. The molecule has 0 saturated carbocycles. The Labute approximate surface area is 133 Å². The summed E-state index contributed by atoms with van der Waals surface area (Å²) in [6.07, 6.45) is 3.92. The van der Waals surface area contributed by atoms with E-state index in [1.54, 1.807) is 0 Å². The number of hydrogen-bond acceptors (Lipinski definition) is 4. The van der Waals surface area contributed by atoms with Crippen molar-refractivity contribution in [2.75, 3.05) is 31.1 Å². The van der Waals surface area contributed by atoms with Crippen molar-refractivity contribution in [2.24, 2.45) is 10.9 Å². The average Bonchev–Trinajstić information content (AvgIpc) is 3.17. The number of benzene rings is 1. The highest BCUT2D eigenvalue weighted by atomic mass is 79.9. The topological polar surface area (TPSA) is 65.1 Å². The van der Waals surface area contributed by atoms with E-state index in [0.29, 0.717) is 6.04 Å². The highest BCUT2D eigenvalue weighted by Gasteiger charge is 2.29. The van der Waals surface area contributed by atoms with E-state index < -0.39 is 0 Å². The quantitative estimate of drug-likeness (QED) is 0.379. The number of amidine groups is 1. The van der Waals surface area contributed by atoms with Crippen LogP contribution in [0.15, 0.2) is 27.8 Å². The fourth-order valence-corrected chi connectivity index (χ4v) is 3.91. The Bertz CT molecular complexity index is 542. The first-order valence-electron chi connectivity index (χ1n) is 7.45. The van der Waals surface area contributed by atoms with Gasteiger partial charge >= 0.3 is 0 Å². The van der Waals surface area contributed by atoms with Crippen molar-refractivity contribution >= 4 is 27.5 Å². The van der Waals surface area contributed by atoms with Gasteiger partial charge in [0, 0.05) is 34.9 Å². The number of anilines is 1. The Kier molecular flexibility index (Phi) is 4.35. The van der Waals surface area contributed by atoms with Crippen LogP contribution in [0.3, 0.4) is 0 Å². The van der Waals surface area contributed by atoms with Crippen molar-refractivity contribution in [1.29, 1.82) is 0 Å². The second kappa shape index (κ2) is 6.23. The molecule has 0 radical (unpaired) electrons. The minimum absolute atomic E-state index is 0.129. The SMILES string of the molecule is N/C(=N/O)c1ccc(N2CCC(N3CCCC3)C2)cc1Br. The normalized spacial score (nSPS) is 24.0. The number of oxime groups is 1. The largest absolute Gasteiger partial charge is 0.409 e. The molecule has 1 aromatic carbocycles. The predicted molar refractivity (Wildman–Crippen MR) is 88.1 cm³/mol. The summed E-state index contributed by atoms with van der Waals surface area (Å²) in [4.78, 5) is 5.05. The van der Waals surface area contributed by atoms with Crippen molar-refractivity contribution in [3.63, 3.8) is 0 Å². The molecule has 0 bridgehead atoms. The number of likely N-dealkylation sites (tertiary alicyclic amines) is 1. The molecule has 2 fully saturated rings. The van der Waals surface area contributed by atoms with E-state index in [1.165, 1.54) is 38.0 Å². The van der Waals surface area contributed by atoms with Crippen molar-refractivity contribution in [2.45, 2.75) is 25.3 Å². The van der Waals surface area contributed by atoms with Crippen LogP contribution in [-0.2, 0) is 0 Å². The summed E-state index contributed by atoms with van der Waals surface area (Å²) in [7, 11) is 0. The summed E-state index contributed by atoms with van der Waals surface area (Å²) in [5.41, 5.74) is 7.56. The van der Waals surface area contributed by atoms with Gasteiger partial charge in [-0.1, -0.05) is 5.16 Å². The maximum Gasteiger partial charge on any atom is 0.171 e. The number of nitrogens with zero attached hydrogens (tertiary/aromatic N) is 3. The van der Waals surface area contributed by atoms with Crippen LogP contribution in [0.4, 0.5) is 5.69 Å². The molecule has 0 spiro atoms. The second-order valence-corrected chi connectivity index (χ2v) is 6.64. The van der Waals surface area contributed by atoms with Gasteiger partial charge in [0.15, 0.2) is 5.84 Å². The molecule has 6 heteroatoms. The molecule has 3 N–H and O–H groups in total. The lowest BCUT2D eigenvalue weighted by Crippen LogP contribution is -2.35. The van der Waals surface area contributed by atoms with E-state index >= 15 is 0 Å². The van der Waals surface area contributed by atoms with Crippen LogP contribution in [0.1, 0.15) is 24.8 Å². The Morgan fingerprint density at radius 3 is 2.71 bits per heavy atom. The average molecular weight is 353 g/mol. The van der Waals surface area contributed by atoms with Gasteiger partial charge in [0.1, 0.15) is 0 Å². The molecule has 2 heterocycles. The predicted octanol–water partition coefficient (Wildman–Crippen LogP) is 2.22. The summed E-state index contributed by atoms with van der Waals surface area (Å²) in [6, 6.07) is 6.69. The van der Waals surface area contributed by atoms with Gasteiger partial charge in [-0.15, -0.1) is 0 Å². The molecule has 0 aromatic heterocycles. The number of nitrogens with two attached hydrogens (primary N) is 1. The molecule has 2 aliphatic rings. The molecule has 2 saturated heterocycles.